The lowest BCUT2D eigenvalue weighted by molar-refractivity contribution is -0.140. The number of esters is 1. The van der Waals surface area contributed by atoms with E-state index in [-0.39, 0.29) is 5.97 Å². The number of rotatable bonds is 4. The zero-order valence-corrected chi connectivity index (χ0v) is 10.7. The predicted molar refractivity (Wildman–Crippen MR) is 73.3 cm³/mol. The number of aromatic nitrogens is 1. The van der Waals surface area contributed by atoms with Crippen LogP contribution in [-0.2, 0) is 16.0 Å². The number of para-hydroxylation sites is 1. The molecule has 0 aliphatic carbocycles. The van der Waals surface area contributed by atoms with Gasteiger partial charge in [-0.15, -0.1) is 0 Å². The number of aryl methyl sites for hydroxylation is 1. The molecule has 0 aliphatic heterocycles. The van der Waals surface area contributed by atoms with Crippen molar-refractivity contribution in [1.29, 1.82) is 0 Å². The smallest absolute Gasteiger partial charge is 0.305 e. The molecule has 18 heavy (non-hydrogen) atoms. The molecule has 1 N–H and O–H groups in total. The molecule has 0 bridgehead atoms. The van der Waals surface area contributed by atoms with Crippen LogP contribution in [0, 0.1) is 0 Å². The molecule has 2 aromatic rings. The van der Waals surface area contributed by atoms with E-state index in [0.717, 1.165) is 27.6 Å². The number of nitrogens with one attached hydrogen (secondary N) is 1. The summed E-state index contributed by atoms with van der Waals surface area (Å²) < 4.78 is 4.66. The number of benzene rings is 1. The van der Waals surface area contributed by atoms with Crippen LogP contribution in [0.3, 0.4) is 0 Å². The van der Waals surface area contributed by atoms with Gasteiger partial charge in [-0.1, -0.05) is 24.8 Å². The molecule has 0 saturated heterocycles. The molecule has 1 heterocycles. The minimum Gasteiger partial charge on any atom is -0.469 e. The molecule has 0 unspecified atom stereocenters. The Hall–Kier alpha value is -2.03. The zero-order valence-electron chi connectivity index (χ0n) is 10.7. The Morgan fingerprint density at radius 1 is 1.44 bits per heavy atom. The zero-order chi connectivity index (χ0) is 13.1. The van der Waals surface area contributed by atoms with E-state index >= 15 is 0 Å². The number of ether oxygens (including phenoxy) is 1. The van der Waals surface area contributed by atoms with Crippen LogP contribution >= 0.6 is 0 Å². The summed E-state index contributed by atoms with van der Waals surface area (Å²) in [6.07, 6.45) is 3.05. The summed E-state index contributed by atoms with van der Waals surface area (Å²) in [5.74, 6) is -0.180. The van der Waals surface area contributed by atoms with Gasteiger partial charge in [-0.25, -0.2) is 0 Å². The quantitative estimate of drug-likeness (QED) is 0.837. The van der Waals surface area contributed by atoms with E-state index in [0.29, 0.717) is 12.8 Å². The summed E-state index contributed by atoms with van der Waals surface area (Å²) in [6.45, 7) is 5.97. The number of fused-ring (bicyclic) bond motifs is 1. The first kappa shape index (κ1) is 12.4. The summed E-state index contributed by atoms with van der Waals surface area (Å²) in [5.41, 5.74) is 4.38. The molecule has 0 spiro atoms. The highest BCUT2D eigenvalue weighted by Crippen LogP contribution is 2.26. The highest BCUT2D eigenvalue weighted by Gasteiger charge is 2.09. The maximum Gasteiger partial charge on any atom is 0.305 e. The van der Waals surface area contributed by atoms with Crippen molar-refractivity contribution in [3.05, 3.63) is 42.1 Å². The summed E-state index contributed by atoms with van der Waals surface area (Å²) in [5, 5.41) is 1.15. The van der Waals surface area contributed by atoms with Crippen LogP contribution in [0.5, 0.6) is 0 Å². The minimum atomic E-state index is -0.180. The third kappa shape index (κ3) is 2.30. The van der Waals surface area contributed by atoms with Gasteiger partial charge in [0.1, 0.15) is 0 Å². The van der Waals surface area contributed by atoms with Gasteiger partial charge in [-0.05, 0) is 24.5 Å². The maximum atomic E-state index is 11.2. The highest BCUT2D eigenvalue weighted by molar-refractivity contribution is 5.93. The van der Waals surface area contributed by atoms with Gasteiger partial charge in [0.05, 0.1) is 12.6 Å². The fourth-order valence-corrected chi connectivity index (χ4v) is 2.11. The summed E-state index contributed by atoms with van der Waals surface area (Å²) >= 11 is 0. The Bertz CT molecular complexity index is 596. The Kier molecular flexibility index (Phi) is 3.51. The van der Waals surface area contributed by atoms with Crippen molar-refractivity contribution >= 4 is 22.4 Å². The number of aromatic amines is 1. The largest absolute Gasteiger partial charge is 0.469 e. The second-order valence-corrected chi connectivity index (χ2v) is 4.40. The van der Waals surface area contributed by atoms with Crippen LogP contribution in [0.1, 0.15) is 24.5 Å². The van der Waals surface area contributed by atoms with E-state index < -0.39 is 0 Å². The monoisotopic (exact) mass is 243 g/mol. The SMILES string of the molecule is C=C(C)c1cccc2c(CCC(=O)OC)c[nH]c12. The van der Waals surface area contributed by atoms with Crippen LogP contribution in [0.15, 0.2) is 31.0 Å². The maximum absolute atomic E-state index is 11.2. The molecular formula is C15H17NO2. The van der Waals surface area contributed by atoms with Crippen LogP contribution in [-0.4, -0.2) is 18.1 Å². The van der Waals surface area contributed by atoms with E-state index in [9.17, 15) is 4.79 Å². The van der Waals surface area contributed by atoms with Crippen LogP contribution in [0.25, 0.3) is 16.5 Å². The van der Waals surface area contributed by atoms with E-state index in [4.69, 9.17) is 0 Å². The van der Waals surface area contributed by atoms with Crippen molar-refractivity contribution in [1.82, 2.24) is 4.98 Å². The standard InChI is InChI=1S/C15H17NO2/c1-10(2)12-5-4-6-13-11(9-16-15(12)13)7-8-14(17)18-3/h4-6,9,16H,1,7-8H2,2-3H3. The van der Waals surface area contributed by atoms with Gasteiger partial charge in [-0.3, -0.25) is 4.79 Å². The summed E-state index contributed by atoms with van der Waals surface area (Å²) in [7, 11) is 1.41. The Balaban J connectivity index is 2.34. The molecule has 1 aromatic carbocycles. The van der Waals surface area contributed by atoms with Crippen molar-refractivity contribution in [3.63, 3.8) is 0 Å². The molecule has 0 atom stereocenters. The van der Waals surface area contributed by atoms with Gasteiger partial charge in [-0.2, -0.15) is 0 Å². The van der Waals surface area contributed by atoms with Gasteiger partial charge in [0.25, 0.3) is 0 Å². The van der Waals surface area contributed by atoms with E-state index in [1.54, 1.807) is 0 Å². The highest BCUT2D eigenvalue weighted by atomic mass is 16.5. The van der Waals surface area contributed by atoms with Crippen molar-refractivity contribution in [3.8, 4) is 0 Å². The lowest BCUT2D eigenvalue weighted by atomic mass is 10.0. The third-order valence-electron chi connectivity index (χ3n) is 3.09. The summed E-state index contributed by atoms with van der Waals surface area (Å²) in [6, 6.07) is 6.12. The molecule has 0 fully saturated rings. The lowest BCUT2D eigenvalue weighted by Crippen LogP contribution is -2.01. The van der Waals surface area contributed by atoms with Gasteiger partial charge in [0.2, 0.25) is 0 Å². The average molecular weight is 243 g/mol. The number of methoxy groups -OCH3 is 1. The van der Waals surface area contributed by atoms with Gasteiger partial charge in [0.15, 0.2) is 0 Å². The Morgan fingerprint density at radius 2 is 2.22 bits per heavy atom. The van der Waals surface area contributed by atoms with Crippen LogP contribution in [0.2, 0.25) is 0 Å². The van der Waals surface area contributed by atoms with Crippen molar-refractivity contribution in [2.75, 3.05) is 7.11 Å². The first-order valence-electron chi connectivity index (χ1n) is 5.95. The molecule has 0 radical (unpaired) electrons. The average Bonchev–Trinajstić information content (AvgIpc) is 2.78. The van der Waals surface area contributed by atoms with Crippen LogP contribution < -0.4 is 0 Å². The first-order chi connectivity index (χ1) is 8.63. The molecule has 0 aliphatic rings. The first-order valence-corrected chi connectivity index (χ1v) is 5.95. The molecule has 3 heteroatoms. The van der Waals surface area contributed by atoms with Gasteiger partial charge < -0.3 is 9.72 Å². The minimum absolute atomic E-state index is 0.180. The normalized spacial score (nSPS) is 10.6. The fraction of sp³-hybridized carbons (Fsp3) is 0.267. The number of carbonyl (C=O) groups excluding carboxylic acids is 1. The number of H-pyrrole nitrogens is 1. The Labute approximate surface area is 106 Å². The number of carbonyl (C=O) groups is 1. The lowest BCUT2D eigenvalue weighted by Gasteiger charge is -2.03. The van der Waals surface area contributed by atoms with E-state index in [2.05, 4.69) is 22.4 Å². The fourth-order valence-electron chi connectivity index (χ4n) is 2.11. The predicted octanol–water partition coefficient (Wildman–Crippen LogP) is 3.31. The third-order valence-corrected chi connectivity index (χ3v) is 3.09. The molecule has 0 saturated carbocycles. The number of hydrogen-bond donors (Lipinski definition) is 1. The molecule has 2 rings (SSSR count). The summed E-state index contributed by atoms with van der Waals surface area (Å²) in [4.78, 5) is 14.4. The van der Waals surface area contributed by atoms with E-state index in [1.807, 2.05) is 25.3 Å². The second kappa shape index (κ2) is 5.08. The number of allylic oxidation sites excluding steroid dienone is 1. The van der Waals surface area contributed by atoms with Gasteiger partial charge >= 0.3 is 5.97 Å². The van der Waals surface area contributed by atoms with Gasteiger partial charge in [0, 0.05) is 23.6 Å². The van der Waals surface area contributed by atoms with Crippen LogP contribution in [0.4, 0.5) is 0 Å². The number of hydrogen-bond acceptors (Lipinski definition) is 2. The van der Waals surface area contributed by atoms with Crippen molar-refractivity contribution in [2.24, 2.45) is 0 Å². The molecule has 94 valence electrons. The topological polar surface area (TPSA) is 42.1 Å². The van der Waals surface area contributed by atoms with E-state index in [1.165, 1.54) is 7.11 Å². The Morgan fingerprint density at radius 3 is 2.89 bits per heavy atom. The molecule has 0 amide bonds. The van der Waals surface area contributed by atoms with Crippen molar-refractivity contribution in [2.45, 2.75) is 19.8 Å². The molecule has 1 aromatic heterocycles. The molecule has 3 nitrogen and oxygen atoms in total. The molecular weight excluding hydrogens is 226 g/mol. The van der Waals surface area contributed by atoms with Crippen molar-refractivity contribution < 1.29 is 9.53 Å². The second-order valence-electron chi connectivity index (χ2n) is 4.40.